The van der Waals surface area contributed by atoms with Gasteiger partial charge >= 0.3 is 0 Å². The summed E-state index contributed by atoms with van der Waals surface area (Å²) in [4.78, 5) is 22.0. The highest BCUT2D eigenvalue weighted by Crippen LogP contribution is 2.15. The van der Waals surface area contributed by atoms with Crippen molar-refractivity contribution in [1.29, 1.82) is 0 Å². The van der Waals surface area contributed by atoms with Crippen molar-refractivity contribution >= 4 is 12.2 Å². The number of carbonyl (C=O) groups excluding carboxylic acids is 2. The van der Waals surface area contributed by atoms with Gasteiger partial charge in [0.05, 0.1) is 12.7 Å². The van der Waals surface area contributed by atoms with Crippen LogP contribution in [0.3, 0.4) is 0 Å². The van der Waals surface area contributed by atoms with Gasteiger partial charge in [-0.25, -0.2) is 0 Å². The average Bonchev–Trinajstić information content (AvgIpc) is 2.27. The van der Waals surface area contributed by atoms with Crippen molar-refractivity contribution in [3.63, 3.8) is 0 Å². The van der Waals surface area contributed by atoms with Crippen LogP contribution in [0.1, 0.15) is 20.7 Å². The van der Waals surface area contributed by atoms with Crippen LogP contribution in [-0.2, 0) is 0 Å². The fraction of sp³-hybridized carbons (Fsp3) is 0.200. The third-order valence-electron chi connectivity index (χ3n) is 1.86. The van der Waals surface area contributed by atoms with Crippen LogP contribution < -0.4 is 10.1 Å². The van der Waals surface area contributed by atoms with Gasteiger partial charge in [0, 0.05) is 12.6 Å². The molecule has 14 heavy (non-hydrogen) atoms. The lowest BCUT2D eigenvalue weighted by Gasteiger charge is -2.05. The molecule has 1 amide bonds. The summed E-state index contributed by atoms with van der Waals surface area (Å²) in [6.45, 7) is 0. The molecule has 74 valence electrons. The summed E-state index contributed by atoms with van der Waals surface area (Å²) in [7, 11) is 3.02. The van der Waals surface area contributed by atoms with E-state index in [0.717, 1.165) is 0 Å². The number of nitrogens with one attached hydrogen (secondary N) is 1. The standard InChI is InChI=1S/C10H11NO3/c1-11-10(13)9-4-3-8(14-2)5-7(9)6-12/h3-6H,1-2H3,(H,11,13). The molecule has 1 aromatic rings. The number of hydrogen-bond donors (Lipinski definition) is 1. The SMILES string of the molecule is CNC(=O)c1ccc(OC)cc1C=O. The van der Waals surface area contributed by atoms with E-state index in [1.54, 1.807) is 12.1 Å². The summed E-state index contributed by atoms with van der Waals surface area (Å²) in [6.07, 6.45) is 0.632. The molecule has 0 aliphatic heterocycles. The molecule has 0 aliphatic rings. The van der Waals surface area contributed by atoms with E-state index in [-0.39, 0.29) is 5.91 Å². The van der Waals surface area contributed by atoms with E-state index < -0.39 is 0 Å². The molecule has 1 rings (SSSR count). The lowest BCUT2D eigenvalue weighted by atomic mass is 10.1. The smallest absolute Gasteiger partial charge is 0.251 e. The van der Waals surface area contributed by atoms with E-state index in [9.17, 15) is 9.59 Å². The molecule has 0 fully saturated rings. The van der Waals surface area contributed by atoms with Crippen LogP contribution in [0.15, 0.2) is 18.2 Å². The third-order valence-corrected chi connectivity index (χ3v) is 1.86. The Morgan fingerprint density at radius 3 is 2.71 bits per heavy atom. The summed E-state index contributed by atoms with van der Waals surface area (Å²) in [6, 6.07) is 4.72. The Balaban J connectivity index is 3.17. The van der Waals surface area contributed by atoms with Crippen molar-refractivity contribution < 1.29 is 14.3 Å². The molecular formula is C10H11NO3. The van der Waals surface area contributed by atoms with Crippen LogP contribution in [-0.4, -0.2) is 26.4 Å². The maximum atomic E-state index is 11.3. The predicted molar refractivity (Wildman–Crippen MR) is 51.8 cm³/mol. The molecule has 0 saturated heterocycles. The van der Waals surface area contributed by atoms with Crippen LogP contribution in [0, 0.1) is 0 Å². The summed E-state index contributed by atoms with van der Waals surface area (Å²) < 4.78 is 4.93. The number of aldehydes is 1. The van der Waals surface area contributed by atoms with Crippen LogP contribution in [0.5, 0.6) is 5.75 Å². The minimum absolute atomic E-state index is 0.283. The Kier molecular flexibility index (Phi) is 3.23. The van der Waals surface area contributed by atoms with Crippen LogP contribution >= 0.6 is 0 Å². The Morgan fingerprint density at radius 2 is 2.21 bits per heavy atom. The second-order valence-electron chi connectivity index (χ2n) is 2.65. The average molecular weight is 193 g/mol. The number of rotatable bonds is 3. The van der Waals surface area contributed by atoms with Crippen LogP contribution in [0.2, 0.25) is 0 Å². The highest BCUT2D eigenvalue weighted by molar-refractivity contribution is 6.01. The summed E-state index contributed by atoms with van der Waals surface area (Å²) in [5.41, 5.74) is 0.673. The fourth-order valence-corrected chi connectivity index (χ4v) is 1.11. The minimum Gasteiger partial charge on any atom is -0.497 e. The number of amides is 1. The molecule has 4 nitrogen and oxygen atoms in total. The van der Waals surface area contributed by atoms with Gasteiger partial charge in [0.1, 0.15) is 5.75 Å². The van der Waals surface area contributed by atoms with E-state index in [1.807, 2.05) is 0 Å². The highest BCUT2D eigenvalue weighted by atomic mass is 16.5. The molecule has 0 saturated carbocycles. The fourth-order valence-electron chi connectivity index (χ4n) is 1.11. The molecule has 1 aromatic carbocycles. The highest BCUT2D eigenvalue weighted by Gasteiger charge is 2.09. The monoisotopic (exact) mass is 193 g/mol. The molecule has 0 bridgehead atoms. The van der Waals surface area contributed by atoms with Crippen molar-refractivity contribution in [2.45, 2.75) is 0 Å². The van der Waals surface area contributed by atoms with Gasteiger partial charge in [-0.2, -0.15) is 0 Å². The van der Waals surface area contributed by atoms with Gasteiger partial charge in [0.15, 0.2) is 6.29 Å². The van der Waals surface area contributed by atoms with Crippen molar-refractivity contribution in [2.24, 2.45) is 0 Å². The number of methoxy groups -OCH3 is 1. The molecule has 0 aliphatic carbocycles. The third kappa shape index (κ3) is 1.90. The van der Waals surface area contributed by atoms with E-state index in [2.05, 4.69) is 5.32 Å². The first-order valence-corrected chi connectivity index (χ1v) is 4.08. The molecular weight excluding hydrogens is 182 g/mol. The van der Waals surface area contributed by atoms with Gasteiger partial charge in [-0.15, -0.1) is 0 Å². The van der Waals surface area contributed by atoms with E-state index in [0.29, 0.717) is 23.2 Å². The van der Waals surface area contributed by atoms with E-state index in [1.165, 1.54) is 20.2 Å². The molecule has 0 radical (unpaired) electrons. The van der Waals surface area contributed by atoms with Crippen molar-refractivity contribution in [1.82, 2.24) is 5.32 Å². The zero-order valence-electron chi connectivity index (χ0n) is 8.03. The number of benzene rings is 1. The molecule has 0 atom stereocenters. The van der Waals surface area contributed by atoms with Gasteiger partial charge in [0.2, 0.25) is 0 Å². The normalized spacial score (nSPS) is 9.29. The maximum Gasteiger partial charge on any atom is 0.251 e. The molecule has 0 unspecified atom stereocenters. The van der Waals surface area contributed by atoms with Gasteiger partial charge in [-0.3, -0.25) is 9.59 Å². The van der Waals surface area contributed by atoms with Gasteiger partial charge in [0.25, 0.3) is 5.91 Å². The Labute approximate surface area is 81.9 Å². The molecule has 0 heterocycles. The van der Waals surface area contributed by atoms with Gasteiger partial charge < -0.3 is 10.1 Å². The Hall–Kier alpha value is -1.84. The van der Waals surface area contributed by atoms with Gasteiger partial charge in [-0.05, 0) is 18.2 Å². The van der Waals surface area contributed by atoms with Crippen LogP contribution in [0.4, 0.5) is 0 Å². The Morgan fingerprint density at radius 1 is 1.50 bits per heavy atom. The molecule has 4 heteroatoms. The lowest BCUT2D eigenvalue weighted by molar-refractivity contribution is 0.0957. The van der Waals surface area contributed by atoms with Crippen LogP contribution in [0.25, 0.3) is 0 Å². The maximum absolute atomic E-state index is 11.3. The largest absolute Gasteiger partial charge is 0.497 e. The summed E-state index contributed by atoms with van der Waals surface area (Å²) in [5, 5.41) is 2.45. The minimum atomic E-state index is -0.283. The van der Waals surface area contributed by atoms with Crippen molar-refractivity contribution in [3.8, 4) is 5.75 Å². The first-order valence-electron chi connectivity index (χ1n) is 4.08. The first kappa shape index (κ1) is 10.2. The second kappa shape index (κ2) is 4.41. The van der Waals surface area contributed by atoms with E-state index >= 15 is 0 Å². The molecule has 0 spiro atoms. The van der Waals surface area contributed by atoms with E-state index in [4.69, 9.17) is 4.74 Å². The number of ether oxygens (including phenoxy) is 1. The van der Waals surface area contributed by atoms with Gasteiger partial charge in [-0.1, -0.05) is 0 Å². The summed E-state index contributed by atoms with van der Waals surface area (Å²) in [5.74, 6) is 0.273. The zero-order valence-corrected chi connectivity index (χ0v) is 8.03. The second-order valence-corrected chi connectivity index (χ2v) is 2.65. The molecule has 1 N–H and O–H groups in total. The Bertz CT molecular complexity index is 360. The number of carbonyl (C=O) groups is 2. The van der Waals surface area contributed by atoms with Crippen molar-refractivity contribution in [2.75, 3.05) is 14.2 Å². The summed E-state index contributed by atoms with van der Waals surface area (Å²) >= 11 is 0. The zero-order chi connectivity index (χ0) is 10.6. The lowest BCUT2D eigenvalue weighted by Crippen LogP contribution is -2.19. The van der Waals surface area contributed by atoms with Crippen molar-refractivity contribution in [3.05, 3.63) is 29.3 Å². The number of hydrogen-bond acceptors (Lipinski definition) is 3. The quantitative estimate of drug-likeness (QED) is 0.724. The first-order chi connectivity index (χ1) is 6.72. The topological polar surface area (TPSA) is 55.4 Å². The molecule has 0 aromatic heterocycles. The predicted octanol–water partition coefficient (Wildman–Crippen LogP) is 0.867.